The average Bonchev–Trinajstić information content (AvgIpc) is 2.28. The van der Waals surface area contributed by atoms with E-state index < -0.39 is 22.3 Å². The third-order valence-electron chi connectivity index (χ3n) is 3.90. The number of rotatable bonds is 2. The molecule has 0 spiro atoms. The lowest BCUT2D eigenvalue weighted by Gasteiger charge is -2.38. The molecular weight excluding hydrogens is 305 g/mol. The van der Waals surface area contributed by atoms with Gasteiger partial charge < -0.3 is 0 Å². The predicted molar refractivity (Wildman–Crippen MR) is 69.2 cm³/mol. The van der Waals surface area contributed by atoms with Crippen LogP contribution in [0.1, 0.15) is 49.4 Å². The second kappa shape index (κ2) is 5.24. The molecule has 2 rings (SSSR count). The summed E-state index contributed by atoms with van der Waals surface area (Å²) in [5.74, 6) is -2.48. The van der Waals surface area contributed by atoms with Gasteiger partial charge in [-0.3, -0.25) is 0 Å². The topological polar surface area (TPSA) is 0 Å². The Morgan fingerprint density at radius 3 is 2.06 bits per heavy atom. The fraction of sp³-hybridized carbons (Fsp3) is 0.571. The number of hydrogen-bond donors (Lipinski definition) is 0. The van der Waals surface area contributed by atoms with Gasteiger partial charge in [-0.25, -0.2) is 13.2 Å². The van der Waals surface area contributed by atoms with Gasteiger partial charge in [0.1, 0.15) is 17.5 Å². The molecule has 100 valence electrons. The lowest BCUT2D eigenvalue weighted by Crippen LogP contribution is -2.26. The Kier molecular flexibility index (Phi) is 4.05. The average molecular weight is 321 g/mol. The minimum absolute atomic E-state index is 0.0409. The zero-order chi connectivity index (χ0) is 13.3. The molecule has 1 aromatic carbocycles. The summed E-state index contributed by atoms with van der Waals surface area (Å²) in [6.45, 7) is 2.04. The van der Waals surface area contributed by atoms with Crippen LogP contribution in [0.3, 0.4) is 0 Å². The summed E-state index contributed by atoms with van der Waals surface area (Å²) in [5.41, 5.74) is -0.210. The van der Waals surface area contributed by atoms with Crippen molar-refractivity contribution in [3.05, 3.63) is 35.1 Å². The molecule has 0 heterocycles. The molecule has 1 saturated carbocycles. The normalized spacial score (nSPS) is 20.7. The van der Waals surface area contributed by atoms with Gasteiger partial charge in [0.25, 0.3) is 0 Å². The maximum atomic E-state index is 13.8. The largest absolute Gasteiger partial charge is 0.207 e. The van der Waals surface area contributed by atoms with E-state index in [0.717, 1.165) is 37.8 Å². The van der Waals surface area contributed by atoms with Crippen LogP contribution < -0.4 is 0 Å². The van der Waals surface area contributed by atoms with Crippen LogP contribution in [0, 0.1) is 22.9 Å². The summed E-state index contributed by atoms with van der Waals surface area (Å²) in [5, 5.41) is 0. The SMILES string of the molecule is CC1(C(Br)c2c(F)cc(F)cc2F)CCCCC1. The first-order valence-corrected chi connectivity index (χ1v) is 7.14. The summed E-state index contributed by atoms with van der Waals surface area (Å²) in [4.78, 5) is -0.411. The molecule has 0 amide bonds. The molecule has 1 fully saturated rings. The van der Waals surface area contributed by atoms with Crippen LogP contribution >= 0.6 is 15.9 Å². The minimum atomic E-state index is -0.873. The van der Waals surface area contributed by atoms with Gasteiger partial charge >= 0.3 is 0 Å². The van der Waals surface area contributed by atoms with Crippen LogP contribution in [-0.2, 0) is 0 Å². The van der Waals surface area contributed by atoms with Crippen LogP contribution in [0.2, 0.25) is 0 Å². The summed E-state index contributed by atoms with van der Waals surface area (Å²) >= 11 is 3.43. The van der Waals surface area contributed by atoms with Gasteiger partial charge in [0.05, 0.1) is 4.83 Å². The maximum Gasteiger partial charge on any atom is 0.133 e. The summed E-state index contributed by atoms with van der Waals surface area (Å²) in [6, 6.07) is 1.50. The van der Waals surface area contributed by atoms with Gasteiger partial charge in [-0.15, -0.1) is 0 Å². The van der Waals surface area contributed by atoms with Crippen molar-refractivity contribution in [1.29, 1.82) is 0 Å². The lowest BCUT2D eigenvalue weighted by molar-refractivity contribution is 0.208. The second-order valence-electron chi connectivity index (χ2n) is 5.36. The summed E-state index contributed by atoms with van der Waals surface area (Å²) in [6.07, 6.45) is 5.17. The van der Waals surface area contributed by atoms with Crippen molar-refractivity contribution >= 4 is 15.9 Å². The fourth-order valence-electron chi connectivity index (χ4n) is 2.76. The van der Waals surface area contributed by atoms with E-state index in [1.165, 1.54) is 6.42 Å². The van der Waals surface area contributed by atoms with Gasteiger partial charge in [-0.1, -0.05) is 42.1 Å². The molecule has 0 bridgehead atoms. The van der Waals surface area contributed by atoms with E-state index in [0.29, 0.717) is 0 Å². The molecule has 4 heteroatoms. The van der Waals surface area contributed by atoms with Gasteiger partial charge in [0.2, 0.25) is 0 Å². The molecule has 0 saturated heterocycles. The standard InChI is InChI=1S/C14H16BrF3/c1-14(5-3-2-4-6-14)13(15)12-10(17)7-9(16)8-11(12)18/h7-8,13H,2-6H2,1H3. The lowest BCUT2D eigenvalue weighted by atomic mass is 9.71. The zero-order valence-electron chi connectivity index (χ0n) is 10.3. The minimum Gasteiger partial charge on any atom is -0.207 e. The number of alkyl halides is 1. The molecule has 0 aromatic heterocycles. The van der Waals surface area contributed by atoms with Crippen molar-refractivity contribution < 1.29 is 13.2 Å². The van der Waals surface area contributed by atoms with Crippen molar-refractivity contribution in [3.8, 4) is 0 Å². The van der Waals surface area contributed by atoms with Gasteiger partial charge in [-0.2, -0.15) is 0 Å². The van der Waals surface area contributed by atoms with E-state index in [1.54, 1.807) is 0 Å². The molecule has 0 aliphatic heterocycles. The molecule has 0 radical (unpaired) electrons. The molecule has 1 aliphatic rings. The zero-order valence-corrected chi connectivity index (χ0v) is 11.9. The third kappa shape index (κ3) is 2.58. The fourth-order valence-corrected chi connectivity index (χ4v) is 3.65. The molecule has 0 nitrogen and oxygen atoms in total. The van der Waals surface area contributed by atoms with Crippen molar-refractivity contribution in [1.82, 2.24) is 0 Å². The van der Waals surface area contributed by atoms with E-state index in [4.69, 9.17) is 0 Å². The van der Waals surface area contributed by atoms with E-state index in [1.807, 2.05) is 6.92 Å². The van der Waals surface area contributed by atoms with Crippen LogP contribution in [-0.4, -0.2) is 0 Å². The first-order valence-electron chi connectivity index (χ1n) is 6.22. The van der Waals surface area contributed by atoms with Crippen molar-refractivity contribution in [3.63, 3.8) is 0 Å². The van der Waals surface area contributed by atoms with Crippen LogP contribution in [0.5, 0.6) is 0 Å². The quantitative estimate of drug-likeness (QED) is 0.630. The maximum absolute atomic E-state index is 13.8. The number of halogens is 4. The molecule has 0 N–H and O–H groups in total. The molecule has 1 aliphatic carbocycles. The highest BCUT2D eigenvalue weighted by atomic mass is 79.9. The Balaban J connectivity index is 2.36. The van der Waals surface area contributed by atoms with E-state index >= 15 is 0 Å². The highest BCUT2D eigenvalue weighted by Crippen LogP contribution is 2.51. The van der Waals surface area contributed by atoms with Gasteiger partial charge in [0.15, 0.2) is 0 Å². The van der Waals surface area contributed by atoms with E-state index in [-0.39, 0.29) is 11.0 Å². The third-order valence-corrected chi connectivity index (χ3v) is 5.47. The van der Waals surface area contributed by atoms with E-state index in [2.05, 4.69) is 15.9 Å². The van der Waals surface area contributed by atoms with Gasteiger partial charge in [-0.05, 0) is 18.3 Å². The summed E-state index contributed by atoms with van der Waals surface area (Å²) < 4.78 is 40.5. The first-order chi connectivity index (χ1) is 8.44. The molecule has 1 unspecified atom stereocenters. The highest BCUT2D eigenvalue weighted by Gasteiger charge is 2.37. The molecule has 1 atom stereocenters. The molecule has 18 heavy (non-hydrogen) atoms. The molecular formula is C14H16BrF3. The predicted octanol–water partition coefficient (Wildman–Crippen LogP) is 5.51. The van der Waals surface area contributed by atoms with Gasteiger partial charge in [0, 0.05) is 17.7 Å². The van der Waals surface area contributed by atoms with Crippen molar-refractivity contribution in [2.75, 3.05) is 0 Å². The Labute approximate surface area is 114 Å². The monoisotopic (exact) mass is 320 g/mol. The first kappa shape index (κ1) is 13.9. The van der Waals surface area contributed by atoms with Crippen LogP contribution in [0.4, 0.5) is 13.2 Å². The Bertz CT molecular complexity index is 416. The second-order valence-corrected chi connectivity index (χ2v) is 6.28. The number of benzene rings is 1. The van der Waals surface area contributed by atoms with Crippen LogP contribution in [0.15, 0.2) is 12.1 Å². The summed E-state index contributed by atoms with van der Waals surface area (Å²) in [7, 11) is 0. The Morgan fingerprint density at radius 2 is 1.56 bits per heavy atom. The molecule has 1 aromatic rings. The van der Waals surface area contributed by atoms with Crippen LogP contribution in [0.25, 0.3) is 0 Å². The smallest absolute Gasteiger partial charge is 0.133 e. The number of hydrogen-bond acceptors (Lipinski definition) is 0. The Hall–Kier alpha value is -0.510. The Morgan fingerprint density at radius 1 is 1.06 bits per heavy atom. The van der Waals surface area contributed by atoms with Crippen molar-refractivity contribution in [2.45, 2.75) is 43.9 Å². The van der Waals surface area contributed by atoms with E-state index in [9.17, 15) is 13.2 Å². The highest BCUT2D eigenvalue weighted by molar-refractivity contribution is 9.09. The van der Waals surface area contributed by atoms with Crippen molar-refractivity contribution in [2.24, 2.45) is 5.41 Å².